The monoisotopic (exact) mass is 309 g/mol. The zero-order chi connectivity index (χ0) is 14.1. The van der Waals surface area contributed by atoms with Crippen LogP contribution in [0.15, 0.2) is 18.2 Å². The van der Waals surface area contributed by atoms with Gasteiger partial charge in [-0.3, -0.25) is 0 Å². The van der Waals surface area contributed by atoms with Gasteiger partial charge >= 0.3 is 0 Å². The van der Waals surface area contributed by atoms with Gasteiger partial charge in [-0.2, -0.15) is 0 Å². The first-order valence-corrected chi connectivity index (χ1v) is 7.99. The van der Waals surface area contributed by atoms with Crippen LogP contribution in [0.5, 0.6) is 0 Å². The van der Waals surface area contributed by atoms with Gasteiger partial charge < -0.3 is 14.5 Å². The number of likely N-dealkylation sites (tertiary alicyclic amines) is 1. The SMILES string of the molecule is CN1CCC(CCn2c(=S)[nH]c3cc(Cl)ccc32)CC1. The van der Waals surface area contributed by atoms with Crippen LogP contribution in [0.1, 0.15) is 19.3 Å². The van der Waals surface area contributed by atoms with E-state index >= 15 is 0 Å². The summed E-state index contributed by atoms with van der Waals surface area (Å²) in [6, 6.07) is 5.93. The summed E-state index contributed by atoms with van der Waals surface area (Å²) >= 11 is 11.5. The lowest BCUT2D eigenvalue weighted by molar-refractivity contribution is 0.208. The smallest absolute Gasteiger partial charge is 0.178 e. The zero-order valence-electron chi connectivity index (χ0n) is 11.7. The van der Waals surface area contributed by atoms with E-state index in [1.165, 1.54) is 32.4 Å². The molecule has 0 atom stereocenters. The van der Waals surface area contributed by atoms with Gasteiger partial charge in [-0.25, -0.2) is 0 Å². The van der Waals surface area contributed by atoms with Crippen molar-refractivity contribution in [3.8, 4) is 0 Å². The average Bonchev–Trinajstić information content (AvgIpc) is 2.73. The molecule has 2 aromatic rings. The minimum absolute atomic E-state index is 0.746. The van der Waals surface area contributed by atoms with Crippen molar-refractivity contribution in [2.45, 2.75) is 25.8 Å². The lowest BCUT2D eigenvalue weighted by Gasteiger charge is -2.28. The van der Waals surface area contributed by atoms with Gasteiger partial charge in [0, 0.05) is 11.6 Å². The van der Waals surface area contributed by atoms with Crippen LogP contribution in [0.3, 0.4) is 0 Å². The summed E-state index contributed by atoms with van der Waals surface area (Å²) in [6.45, 7) is 3.44. The molecule has 1 aliphatic rings. The van der Waals surface area contributed by atoms with Crippen LogP contribution in [-0.4, -0.2) is 34.6 Å². The first kappa shape index (κ1) is 14.1. The topological polar surface area (TPSA) is 24.0 Å². The van der Waals surface area contributed by atoms with E-state index in [1.807, 2.05) is 12.1 Å². The number of aryl methyl sites for hydroxylation is 1. The summed E-state index contributed by atoms with van der Waals surface area (Å²) in [5, 5.41) is 0.746. The quantitative estimate of drug-likeness (QED) is 0.864. The molecule has 1 saturated heterocycles. The average molecular weight is 310 g/mol. The van der Waals surface area contributed by atoms with Crippen molar-refractivity contribution < 1.29 is 0 Å². The molecule has 0 saturated carbocycles. The number of hydrogen-bond donors (Lipinski definition) is 1. The number of benzene rings is 1. The van der Waals surface area contributed by atoms with Crippen molar-refractivity contribution >= 4 is 34.9 Å². The van der Waals surface area contributed by atoms with Crippen LogP contribution < -0.4 is 0 Å². The van der Waals surface area contributed by atoms with E-state index < -0.39 is 0 Å². The first-order valence-electron chi connectivity index (χ1n) is 7.20. The van der Waals surface area contributed by atoms with Crippen molar-refractivity contribution in [1.82, 2.24) is 14.5 Å². The molecule has 0 spiro atoms. The summed E-state index contributed by atoms with van der Waals surface area (Å²) in [6.07, 6.45) is 3.81. The third kappa shape index (κ3) is 2.92. The second-order valence-electron chi connectivity index (χ2n) is 5.78. The highest BCUT2D eigenvalue weighted by Gasteiger charge is 2.17. The summed E-state index contributed by atoms with van der Waals surface area (Å²) in [7, 11) is 2.20. The Hall–Kier alpha value is -0.840. The number of imidazole rings is 1. The van der Waals surface area contributed by atoms with Crippen molar-refractivity contribution in [3.05, 3.63) is 28.0 Å². The molecule has 108 valence electrons. The third-order valence-electron chi connectivity index (χ3n) is 4.34. The highest BCUT2D eigenvalue weighted by molar-refractivity contribution is 7.71. The van der Waals surface area contributed by atoms with E-state index in [2.05, 4.69) is 27.6 Å². The van der Waals surface area contributed by atoms with E-state index in [9.17, 15) is 0 Å². The second-order valence-corrected chi connectivity index (χ2v) is 6.60. The van der Waals surface area contributed by atoms with E-state index in [0.29, 0.717) is 0 Å². The molecule has 1 aliphatic heterocycles. The number of rotatable bonds is 3. The number of nitrogens with one attached hydrogen (secondary N) is 1. The van der Waals surface area contributed by atoms with E-state index in [-0.39, 0.29) is 0 Å². The minimum Gasteiger partial charge on any atom is -0.331 e. The maximum atomic E-state index is 6.02. The molecule has 1 aromatic carbocycles. The van der Waals surface area contributed by atoms with E-state index in [4.69, 9.17) is 23.8 Å². The highest BCUT2D eigenvalue weighted by atomic mass is 35.5. The Morgan fingerprint density at radius 1 is 1.35 bits per heavy atom. The number of H-pyrrole nitrogens is 1. The maximum absolute atomic E-state index is 6.02. The van der Waals surface area contributed by atoms with Crippen LogP contribution in [0.2, 0.25) is 5.02 Å². The molecule has 0 bridgehead atoms. The number of fused-ring (bicyclic) bond motifs is 1. The first-order chi connectivity index (χ1) is 9.63. The van der Waals surface area contributed by atoms with Gasteiger partial charge in [-0.1, -0.05) is 11.6 Å². The largest absolute Gasteiger partial charge is 0.331 e. The Morgan fingerprint density at radius 2 is 2.10 bits per heavy atom. The lowest BCUT2D eigenvalue weighted by Crippen LogP contribution is -2.30. The van der Waals surface area contributed by atoms with Gasteiger partial charge in [0.25, 0.3) is 0 Å². The van der Waals surface area contributed by atoms with Crippen LogP contribution in [0, 0.1) is 10.7 Å². The number of aromatic nitrogens is 2. The molecule has 0 aliphatic carbocycles. The minimum atomic E-state index is 0.746. The maximum Gasteiger partial charge on any atom is 0.178 e. The fourth-order valence-corrected chi connectivity index (χ4v) is 3.49. The number of piperidine rings is 1. The van der Waals surface area contributed by atoms with Gasteiger partial charge in [0.15, 0.2) is 4.77 Å². The molecule has 0 radical (unpaired) electrons. The van der Waals surface area contributed by atoms with Crippen LogP contribution in [0.4, 0.5) is 0 Å². The second kappa shape index (κ2) is 5.88. The molecule has 5 heteroatoms. The van der Waals surface area contributed by atoms with Crippen LogP contribution >= 0.6 is 23.8 Å². The van der Waals surface area contributed by atoms with E-state index in [1.54, 1.807) is 0 Å². The molecule has 20 heavy (non-hydrogen) atoms. The number of nitrogens with zero attached hydrogens (tertiary/aromatic N) is 2. The molecule has 1 fully saturated rings. The number of halogens is 1. The molecular weight excluding hydrogens is 290 g/mol. The summed E-state index contributed by atoms with van der Waals surface area (Å²) in [5.74, 6) is 0.824. The molecular formula is C15H20ClN3S. The lowest BCUT2D eigenvalue weighted by atomic mass is 9.94. The molecule has 3 nitrogen and oxygen atoms in total. The normalized spacial score (nSPS) is 17.9. The molecule has 0 unspecified atom stereocenters. The molecule has 1 aromatic heterocycles. The molecule has 3 rings (SSSR count). The van der Waals surface area contributed by atoms with Crippen molar-refractivity contribution in [2.75, 3.05) is 20.1 Å². The molecule has 2 heterocycles. The van der Waals surface area contributed by atoms with Gasteiger partial charge in [0.2, 0.25) is 0 Å². The Labute approximate surface area is 129 Å². The fraction of sp³-hybridized carbons (Fsp3) is 0.533. The van der Waals surface area contributed by atoms with E-state index in [0.717, 1.165) is 33.3 Å². The van der Waals surface area contributed by atoms with Gasteiger partial charge in [-0.05, 0) is 75.7 Å². The predicted octanol–water partition coefficient (Wildman–Crippen LogP) is 4.08. The summed E-state index contributed by atoms with van der Waals surface area (Å²) in [5.41, 5.74) is 2.19. The summed E-state index contributed by atoms with van der Waals surface area (Å²) < 4.78 is 3.01. The van der Waals surface area contributed by atoms with Gasteiger partial charge in [0.1, 0.15) is 0 Å². The van der Waals surface area contributed by atoms with Crippen LogP contribution in [-0.2, 0) is 6.54 Å². The van der Waals surface area contributed by atoms with Crippen molar-refractivity contribution in [2.24, 2.45) is 5.92 Å². The Balaban J connectivity index is 1.74. The standard InChI is InChI=1S/C15H20ClN3S/c1-18-7-4-11(5-8-18)6-9-19-14-3-2-12(16)10-13(14)17-15(19)20/h2-3,10-11H,4-9H2,1H3,(H,17,20). The highest BCUT2D eigenvalue weighted by Crippen LogP contribution is 2.23. The molecule has 1 N–H and O–H groups in total. The van der Waals surface area contributed by atoms with Crippen molar-refractivity contribution in [1.29, 1.82) is 0 Å². The number of aromatic amines is 1. The van der Waals surface area contributed by atoms with Gasteiger partial charge in [-0.15, -0.1) is 0 Å². The predicted molar refractivity (Wildman–Crippen MR) is 87.0 cm³/mol. The fourth-order valence-electron chi connectivity index (χ4n) is 3.02. The van der Waals surface area contributed by atoms with Crippen LogP contribution in [0.25, 0.3) is 11.0 Å². The van der Waals surface area contributed by atoms with Crippen molar-refractivity contribution in [3.63, 3.8) is 0 Å². The number of hydrogen-bond acceptors (Lipinski definition) is 2. The zero-order valence-corrected chi connectivity index (χ0v) is 13.3. The Morgan fingerprint density at radius 3 is 2.85 bits per heavy atom. The molecule has 0 amide bonds. The van der Waals surface area contributed by atoms with Gasteiger partial charge in [0.05, 0.1) is 11.0 Å². The third-order valence-corrected chi connectivity index (χ3v) is 4.89. The summed E-state index contributed by atoms with van der Waals surface area (Å²) in [4.78, 5) is 5.66. The Bertz CT molecular complexity index is 653. The Kier molecular flexibility index (Phi) is 4.15.